The van der Waals surface area contributed by atoms with E-state index in [1.54, 1.807) is 88.4 Å². The number of benzene rings is 2. The maximum Gasteiger partial charge on any atom is 0.407 e. The fourth-order valence-electron chi connectivity index (χ4n) is 9.11. The summed E-state index contributed by atoms with van der Waals surface area (Å²) in [6.45, 7) is 20.3. The van der Waals surface area contributed by atoms with Crippen LogP contribution in [0.25, 0.3) is 0 Å². The Morgan fingerprint density at radius 1 is 0.736 bits per heavy atom. The van der Waals surface area contributed by atoms with Crippen molar-refractivity contribution in [1.82, 2.24) is 36.4 Å². The summed E-state index contributed by atoms with van der Waals surface area (Å²) < 4.78 is 34.8. The smallest absolute Gasteiger partial charge is 0.407 e. The number of Topliss-reactive ketones (excluding diaryl/α,β-unsaturated/α-hetero) is 1. The van der Waals surface area contributed by atoms with E-state index in [0.717, 1.165) is 4.90 Å². The molecule has 1 aliphatic heterocycles. The summed E-state index contributed by atoms with van der Waals surface area (Å²) in [5, 5.41) is 13.7. The number of carbonyl (C=O) groups excluding carboxylic acids is 10. The van der Waals surface area contributed by atoms with Gasteiger partial charge in [0.15, 0.2) is 11.9 Å². The van der Waals surface area contributed by atoms with Crippen LogP contribution in [-0.4, -0.2) is 185 Å². The van der Waals surface area contributed by atoms with Crippen LogP contribution in [0, 0.1) is 17.8 Å². The Balaban J connectivity index is 1.77. The van der Waals surface area contributed by atoms with Crippen molar-refractivity contribution in [2.24, 2.45) is 17.8 Å². The van der Waals surface area contributed by atoms with E-state index in [1.807, 2.05) is 20.8 Å². The van der Waals surface area contributed by atoms with Gasteiger partial charge in [0.05, 0.1) is 33.0 Å². The molecule has 5 N–H and O–H groups in total. The quantitative estimate of drug-likeness (QED) is 0.0288. The molecule has 7 amide bonds. The molecule has 0 fully saturated rings. The average Bonchev–Trinajstić information content (AvgIpc) is 3.61. The number of likely N-dealkylation sites (N-methyl/N-ethyl adjacent to an activating group) is 2. The van der Waals surface area contributed by atoms with Gasteiger partial charge in [-0.3, -0.25) is 33.6 Å². The highest BCUT2D eigenvalue weighted by molar-refractivity contribution is 5.98. The molecule has 1 aliphatic rings. The van der Waals surface area contributed by atoms with Gasteiger partial charge in [-0.1, -0.05) is 95.7 Å². The molecule has 0 bridgehead atoms. The molecule has 0 radical (unpaired) electrons. The van der Waals surface area contributed by atoms with Gasteiger partial charge < -0.3 is 64.8 Å². The third-order valence-electron chi connectivity index (χ3n) is 14.8. The predicted octanol–water partition coefficient (Wildman–Crippen LogP) is 5.43. The van der Waals surface area contributed by atoms with Gasteiger partial charge >= 0.3 is 18.0 Å². The van der Waals surface area contributed by atoms with Gasteiger partial charge in [0, 0.05) is 75.9 Å². The number of rotatable bonds is 24. The summed E-state index contributed by atoms with van der Waals surface area (Å²) >= 11 is 0. The molecule has 9 atom stereocenters. The summed E-state index contributed by atoms with van der Waals surface area (Å²) in [5.41, 5.74) is 2.36. The van der Waals surface area contributed by atoms with Crippen molar-refractivity contribution >= 4 is 59.3 Å². The Kier molecular flexibility index (Phi) is 32.7. The Bertz CT molecular complexity index is 2650. The number of ether oxygens (including phenoxy) is 6. The standard InChI is InChI=1S/C64H95N7O16/c1-14-41(5)55-59(76)68-46(10)63(80)87-56(42(6)15-2)44(8)52(86-64(81)66-30-20-32-83-34-36-84-35-33-82-31-19-29-65-57(74)50-26-24-49(25-27-50)47(11)72)28-23-43(7)62(79)85-53(37-40(3)4)58(75)67-45(9)60(77)71(13)51(38-48-21-17-16-18-22-48)61(78)70(12)39-54(73)69-55/h15-18,21-27,40-41,44-46,51-53,55-56H,14,19-20,28-39H2,1-13H3,(H,65,74)(H,66,81)(H,67,75)(H,68,76)(H,69,73)/b42-15+,43-23+/t41-,44+,45+,46-,51-,52+,53-,55+,56-/m1/s1. The van der Waals surface area contributed by atoms with E-state index in [4.69, 9.17) is 28.4 Å². The van der Waals surface area contributed by atoms with Crippen LogP contribution in [0.2, 0.25) is 0 Å². The van der Waals surface area contributed by atoms with E-state index in [2.05, 4.69) is 26.6 Å². The number of alkyl carbamates (subject to hydrolysis) is 1. The van der Waals surface area contributed by atoms with E-state index in [1.165, 1.54) is 52.8 Å². The molecule has 87 heavy (non-hydrogen) atoms. The molecule has 0 aromatic heterocycles. The van der Waals surface area contributed by atoms with Gasteiger partial charge in [-0.25, -0.2) is 14.4 Å². The number of allylic oxidation sites excluding steroid dienone is 1. The number of nitrogens with one attached hydrogen (secondary N) is 5. The van der Waals surface area contributed by atoms with Crippen LogP contribution in [0.15, 0.2) is 77.9 Å². The van der Waals surface area contributed by atoms with E-state index in [-0.39, 0.29) is 62.2 Å². The number of carbonyl (C=O) groups is 10. The fourth-order valence-corrected chi connectivity index (χ4v) is 9.11. The van der Waals surface area contributed by atoms with Crippen molar-refractivity contribution in [2.75, 3.05) is 73.4 Å². The molecule has 0 spiro atoms. The van der Waals surface area contributed by atoms with Crippen LogP contribution in [0.3, 0.4) is 0 Å². The van der Waals surface area contributed by atoms with Gasteiger partial charge in [-0.05, 0) is 95.9 Å². The number of ketones is 1. The first kappa shape index (κ1) is 73.8. The lowest BCUT2D eigenvalue weighted by Crippen LogP contribution is -2.57. The highest BCUT2D eigenvalue weighted by atomic mass is 16.6. The van der Waals surface area contributed by atoms with Crippen LogP contribution in [0.5, 0.6) is 0 Å². The lowest BCUT2D eigenvalue weighted by molar-refractivity contribution is -0.155. The largest absolute Gasteiger partial charge is 0.456 e. The van der Waals surface area contributed by atoms with Gasteiger partial charge in [-0.2, -0.15) is 0 Å². The van der Waals surface area contributed by atoms with Crippen molar-refractivity contribution in [1.29, 1.82) is 0 Å². The monoisotopic (exact) mass is 1220 g/mol. The molecule has 2 aromatic carbocycles. The second kappa shape index (κ2) is 38.6. The number of hydrogen-bond acceptors (Lipinski definition) is 16. The van der Waals surface area contributed by atoms with Crippen molar-refractivity contribution in [2.45, 2.75) is 157 Å². The number of cyclic esters (lactones) is 2. The Hall–Kier alpha value is -7.50. The average molecular weight is 1220 g/mol. The van der Waals surface area contributed by atoms with Crippen molar-refractivity contribution in [3.63, 3.8) is 0 Å². The molecule has 23 heteroatoms. The summed E-state index contributed by atoms with van der Waals surface area (Å²) in [6, 6.07) is 10.7. The van der Waals surface area contributed by atoms with Crippen molar-refractivity contribution < 1.29 is 76.4 Å². The second-order valence-electron chi connectivity index (χ2n) is 22.4. The number of esters is 2. The third-order valence-corrected chi connectivity index (χ3v) is 14.8. The van der Waals surface area contributed by atoms with E-state index >= 15 is 0 Å². The van der Waals surface area contributed by atoms with Crippen LogP contribution in [0.1, 0.15) is 135 Å². The van der Waals surface area contributed by atoms with Crippen LogP contribution < -0.4 is 26.6 Å². The molecule has 482 valence electrons. The zero-order valence-corrected chi connectivity index (χ0v) is 53.2. The molecule has 0 saturated carbocycles. The first-order valence-corrected chi connectivity index (χ1v) is 30.0. The maximum absolute atomic E-state index is 14.3. The number of hydrogen-bond donors (Lipinski definition) is 5. The zero-order valence-electron chi connectivity index (χ0n) is 53.2. The lowest BCUT2D eigenvalue weighted by atomic mass is 9.90. The summed E-state index contributed by atoms with van der Waals surface area (Å²) in [5.74, 6) is -6.71. The Morgan fingerprint density at radius 2 is 1.31 bits per heavy atom. The predicted molar refractivity (Wildman–Crippen MR) is 326 cm³/mol. The molecule has 0 unspecified atom stereocenters. The minimum Gasteiger partial charge on any atom is -0.456 e. The van der Waals surface area contributed by atoms with E-state index < -0.39 is 108 Å². The van der Waals surface area contributed by atoms with Gasteiger partial charge in [0.25, 0.3) is 11.8 Å². The summed E-state index contributed by atoms with van der Waals surface area (Å²) in [4.78, 5) is 138. The van der Waals surface area contributed by atoms with E-state index in [0.29, 0.717) is 74.5 Å². The maximum atomic E-state index is 14.3. The number of nitrogens with zero attached hydrogens (tertiary/aromatic N) is 2. The molecule has 23 nitrogen and oxygen atoms in total. The molecule has 2 aromatic rings. The highest BCUT2D eigenvalue weighted by Gasteiger charge is 2.38. The minimum atomic E-state index is -1.35. The van der Waals surface area contributed by atoms with Crippen LogP contribution >= 0.6 is 0 Å². The Morgan fingerprint density at radius 3 is 1.89 bits per heavy atom. The molecular formula is C64H95N7O16. The van der Waals surface area contributed by atoms with Gasteiger partial charge in [-0.15, -0.1) is 0 Å². The lowest BCUT2D eigenvalue weighted by Gasteiger charge is -2.33. The highest BCUT2D eigenvalue weighted by Crippen LogP contribution is 2.26. The first-order valence-electron chi connectivity index (χ1n) is 30.0. The van der Waals surface area contributed by atoms with Gasteiger partial charge in [0.1, 0.15) is 36.4 Å². The van der Waals surface area contributed by atoms with Gasteiger partial charge in [0.2, 0.25) is 23.6 Å². The topological polar surface area (TPSA) is 293 Å². The molecule has 1 heterocycles. The summed E-state index contributed by atoms with van der Waals surface area (Å²) in [6.07, 6.45) is 0.488. The first-order chi connectivity index (χ1) is 41.3. The minimum absolute atomic E-state index is 0.0496. The van der Waals surface area contributed by atoms with Crippen LogP contribution in [0.4, 0.5) is 4.79 Å². The fraction of sp³-hybridized carbons (Fsp3) is 0.594. The zero-order chi connectivity index (χ0) is 64.8. The normalized spacial score (nSPS) is 23.1. The molecule has 0 saturated heterocycles. The number of amides is 7. The molecular weight excluding hydrogens is 1120 g/mol. The third kappa shape index (κ3) is 25.8. The Labute approximate surface area is 513 Å². The molecule has 0 aliphatic carbocycles. The summed E-state index contributed by atoms with van der Waals surface area (Å²) in [7, 11) is 2.82. The van der Waals surface area contributed by atoms with E-state index in [9.17, 15) is 47.9 Å². The van der Waals surface area contributed by atoms with Crippen molar-refractivity contribution in [3.8, 4) is 0 Å². The SMILES string of the molecule is C/C=C(\C)[C@H]1OC(=O)[C@@H](C)NC(=O)[C@H]([C@H](C)CC)NC(=O)CN(C)C(=O)[C@@H](Cc2ccccc2)N(C)C(=O)[C@H](C)NC(=O)[C@@H](CC(C)C)OC(=O)/C(C)=C/C[C@H](OC(=O)NCCCOCCOCCOCCCNC(=O)c2ccc(C(C)=O)cc2)[C@@H]1C. The molecule has 3 rings (SSSR count). The van der Waals surface area contributed by atoms with Crippen LogP contribution in [-0.2, 0) is 68.4 Å². The van der Waals surface area contributed by atoms with Crippen molar-refractivity contribution in [3.05, 3.63) is 94.6 Å². The second-order valence-corrected chi connectivity index (χ2v) is 22.4.